The van der Waals surface area contributed by atoms with Gasteiger partial charge in [-0.25, -0.2) is 0 Å². The molecule has 2 N–H and O–H groups in total. The molecule has 0 spiro atoms. The van der Waals surface area contributed by atoms with Crippen LogP contribution in [-0.4, -0.2) is 64.5 Å². The van der Waals surface area contributed by atoms with Crippen molar-refractivity contribution < 1.29 is 23.8 Å². The van der Waals surface area contributed by atoms with Crippen LogP contribution >= 0.6 is 0 Å². The quantitative estimate of drug-likeness (QED) is 0.294. The Morgan fingerprint density at radius 1 is 0.422 bits per heavy atom. The third-order valence-corrected chi connectivity index (χ3v) is 9.87. The van der Waals surface area contributed by atoms with Crippen LogP contribution in [0.2, 0.25) is 0 Å². The van der Waals surface area contributed by atoms with E-state index in [1.165, 1.54) is 33.4 Å². The smallest absolute Gasteiger partial charge is 0.251 e. The molecule has 6 bridgehead atoms. The lowest BCUT2D eigenvalue weighted by atomic mass is 9.52. The lowest BCUT2D eigenvalue weighted by molar-refractivity contribution is 0.0157. The monoisotopic (exact) mass is 600 g/mol. The predicted octanol–water partition coefficient (Wildman–Crippen LogP) is 5.08. The predicted molar refractivity (Wildman–Crippen MR) is 170 cm³/mol. The van der Waals surface area contributed by atoms with E-state index in [1.807, 2.05) is 24.3 Å². The lowest BCUT2D eigenvalue weighted by Gasteiger charge is -2.50. The third-order valence-electron chi connectivity index (χ3n) is 9.87. The van der Waals surface area contributed by atoms with Crippen LogP contribution in [0.5, 0.6) is 0 Å². The van der Waals surface area contributed by atoms with Gasteiger partial charge in [0.1, 0.15) is 0 Å². The number of amides is 2. The molecule has 0 unspecified atom stereocenters. The highest BCUT2D eigenvalue weighted by Crippen LogP contribution is 2.64. The summed E-state index contributed by atoms with van der Waals surface area (Å²) in [4.78, 5) is 27.9. The molecule has 0 fully saturated rings. The topological polar surface area (TPSA) is 85.9 Å². The highest BCUT2D eigenvalue weighted by atomic mass is 16.5. The van der Waals surface area contributed by atoms with Gasteiger partial charge in [0.05, 0.1) is 39.6 Å². The Balaban J connectivity index is 1.34. The van der Waals surface area contributed by atoms with Gasteiger partial charge in [-0.3, -0.25) is 9.59 Å². The van der Waals surface area contributed by atoms with Gasteiger partial charge < -0.3 is 24.8 Å². The van der Waals surface area contributed by atoms with Gasteiger partial charge in [-0.1, -0.05) is 72.8 Å². The number of ether oxygens (including phenoxy) is 3. The molecule has 0 radical (unpaired) electrons. The molecular weight excluding hydrogens is 564 g/mol. The van der Waals surface area contributed by atoms with E-state index < -0.39 is 0 Å². The maximum Gasteiger partial charge on any atom is 0.251 e. The molecule has 7 aliphatic rings. The summed E-state index contributed by atoms with van der Waals surface area (Å²) >= 11 is 0. The summed E-state index contributed by atoms with van der Waals surface area (Å²) in [6, 6.07) is 29.8. The number of benzene rings is 4. The third kappa shape index (κ3) is 4.69. The molecule has 228 valence electrons. The average Bonchev–Trinajstić information content (AvgIpc) is 3.06. The van der Waals surface area contributed by atoms with E-state index in [4.69, 9.17) is 14.2 Å². The molecule has 0 saturated heterocycles. The lowest BCUT2D eigenvalue weighted by Crippen LogP contribution is -2.39. The van der Waals surface area contributed by atoms with Crippen LogP contribution in [0.15, 0.2) is 84.9 Å². The van der Waals surface area contributed by atoms with Gasteiger partial charge in [-0.15, -0.1) is 0 Å². The zero-order valence-corrected chi connectivity index (χ0v) is 25.1. The molecule has 7 nitrogen and oxygen atoms in total. The number of hydrogen-bond donors (Lipinski definition) is 2. The second kappa shape index (κ2) is 11.9. The molecule has 0 saturated carbocycles. The van der Waals surface area contributed by atoms with Gasteiger partial charge in [0.25, 0.3) is 11.8 Å². The minimum atomic E-state index is -0.157. The summed E-state index contributed by atoms with van der Waals surface area (Å²) < 4.78 is 17.0. The normalized spacial score (nSPS) is 24.4. The van der Waals surface area contributed by atoms with Gasteiger partial charge in [-0.05, 0) is 56.6 Å². The van der Waals surface area contributed by atoms with Crippen molar-refractivity contribution in [3.05, 3.63) is 141 Å². The minimum Gasteiger partial charge on any atom is -0.377 e. The van der Waals surface area contributed by atoms with Gasteiger partial charge >= 0.3 is 0 Å². The fourth-order valence-electron chi connectivity index (χ4n) is 8.22. The molecule has 0 aromatic heterocycles. The van der Waals surface area contributed by atoms with Crippen LogP contribution in [0.25, 0.3) is 0 Å². The van der Waals surface area contributed by atoms with Crippen molar-refractivity contribution in [2.75, 3.05) is 52.7 Å². The van der Waals surface area contributed by atoms with Crippen LogP contribution in [0.1, 0.15) is 88.9 Å². The fourth-order valence-corrected chi connectivity index (χ4v) is 8.22. The van der Waals surface area contributed by atoms with Crippen molar-refractivity contribution in [1.82, 2.24) is 10.6 Å². The van der Waals surface area contributed by atoms with Crippen LogP contribution in [0, 0.1) is 0 Å². The molecule has 11 rings (SSSR count). The molecule has 7 heteroatoms. The van der Waals surface area contributed by atoms with Crippen LogP contribution in [-0.2, 0) is 14.2 Å². The zero-order valence-electron chi connectivity index (χ0n) is 25.1. The SMILES string of the molecule is O=C1NCCOCCOCCOCCNC(=O)c2cccc3c2[C@H]2c4ccccc4[C@@H]3[C@H]3c4ccccc4[C@@H]2c2c1cccc23. The molecule has 2 amide bonds. The second-order valence-electron chi connectivity index (χ2n) is 12.1. The van der Waals surface area contributed by atoms with E-state index in [2.05, 4.69) is 71.3 Å². The largest absolute Gasteiger partial charge is 0.377 e. The van der Waals surface area contributed by atoms with E-state index in [1.54, 1.807) is 0 Å². The number of carbonyl (C=O) groups excluding carboxylic acids is 2. The zero-order chi connectivity index (χ0) is 30.3. The first-order valence-electron chi connectivity index (χ1n) is 16.0. The maximum atomic E-state index is 14.0. The second-order valence-corrected chi connectivity index (χ2v) is 12.1. The van der Waals surface area contributed by atoms with E-state index in [9.17, 15) is 9.59 Å². The summed E-state index contributed by atoms with van der Waals surface area (Å²) in [7, 11) is 0. The first-order valence-corrected chi connectivity index (χ1v) is 16.0. The number of hydrogen-bond acceptors (Lipinski definition) is 5. The standard InChI is InChI=1S/C38H36N2O5/c41-37-29-13-5-11-27-31-23-7-1-3-9-25(23)35(33(27)29)36-26-10-4-2-8-24(26)32(31)28-12-6-14-30(34(28)36)38(42)40-16-18-44-20-22-45-21-19-43-17-15-39-37/h1-14,31-32,35-36H,15-22H2,(H,39,41)(H,40,42)/t31-,32-,35+,36+/m0/s1. The summed E-state index contributed by atoms with van der Waals surface area (Å²) in [6.07, 6.45) is 0. The molecule has 1 aliphatic heterocycles. The summed E-state index contributed by atoms with van der Waals surface area (Å²) in [5.41, 5.74) is 11.0. The molecule has 6 aliphatic carbocycles. The van der Waals surface area contributed by atoms with Crippen molar-refractivity contribution in [1.29, 1.82) is 0 Å². The molecule has 4 aromatic carbocycles. The highest BCUT2D eigenvalue weighted by molar-refractivity contribution is 5.99. The Hall–Kier alpha value is -4.30. The molecule has 4 atom stereocenters. The summed E-state index contributed by atoms with van der Waals surface area (Å²) in [5, 5.41) is 6.24. The molecule has 45 heavy (non-hydrogen) atoms. The van der Waals surface area contributed by atoms with Gasteiger partial charge in [0.2, 0.25) is 0 Å². The Kier molecular flexibility index (Phi) is 7.45. The van der Waals surface area contributed by atoms with Crippen molar-refractivity contribution in [2.45, 2.75) is 23.7 Å². The van der Waals surface area contributed by atoms with E-state index >= 15 is 0 Å². The van der Waals surface area contributed by atoms with Gasteiger partial charge in [-0.2, -0.15) is 0 Å². The minimum absolute atomic E-state index is 0.0157. The summed E-state index contributed by atoms with van der Waals surface area (Å²) in [5.74, 6) is -0.551. The van der Waals surface area contributed by atoms with Crippen molar-refractivity contribution in [3.63, 3.8) is 0 Å². The summed E-state index contributed by atoms with van der Waals surface area (Å²) in [6.45, 7) is 3.39. The average molecular weight is 601 g/mol. The van der Waals surface area contributed by atoms with Gasteiger partial charge in [0.15, 0.2) is 0 Å². The molecule has 1 heterocycles. The number of rotatable bonds is 0. The first-order chi connectivity index (χ1) is 22.2. The Morgan fingerprint density at radius 3 is 1.20 bits per heavy atom. The Bertz CT molecular complexity index is 1650. The van der Waals surface area contributed by atoms with E-state index in [0.717, 1.165) is 11.1 Å². The Labute approximate surface area is 262 Å². The van der Waals surface area contributed by atoms with Crippen LogP contribution in [0.4, 0.5) is 0 Å². The molecule has 4 aromatic rings. The fraction of sp³-hybridized carbons (Fsp3) is 0.316. The van der Waals surface area contributed by atoms with Crippen LogP contribution in [0.3, 0.4) is 0 Å². The number of nitrogens with one attached hydrogen (secondary N) is 2. The number of carbonyl (C=O) groups is 2. The maximum absolute atomic E-state index is 14.0. The van der Waals surface area contributed by atoms with E-state index in [-0.39, 0.29) is 35.5 Å². The van der Waals surface area contributed by atoms with Crippen LogP contribution < -0.4 is 10.6 Å². The first kappa shape index (κ1) is 28.2. The van der Waals surface area contributed by atoms with E-state index in [0.29, 0.717) is 63.9 Å². The Morgan fingerprint density at radius 2 is 0.778 bits per heavy atom. The van der Waals surface area contributed by atoms with Crippen molar-refractivity contribution in [3.8, 4) is 0 Å². The van der Waals surface area contributed by atoms with Crippen molar-refractivity contribution >= 4 is 11.8 Å². The van der Waals surface area contributed by atoms with Crippen molar-refractivity contribution in [2.24, 2.45) is 0 Å². The highest BCUT2D eigenvalue weighted by Gasteiger charge is 2.51. The van der Waals surface area contributed by atoms with Gasteiger partial charge in [0, 0.05) is 47.9 Å². The molecular formula is C38H36N2O5.